The highest BCUT2D eigenvalue weighted by Crippen LogP contribution is 2.05. The topological polar surface area (TPSA) is 50.4 Å². The number of nitrogens with one attached hydrogen (secondary N) is 2. The summed E-state index contributed by atoms with van der Waals surface area (Å²) < 4.78 is 5.41. The van der Waals surface area contributed by atoms with Gasteiger partial charge < -0.3 is 15.4 Å². The van der Waals surface area contributed by atoms with Crippen molar-refractivity contribution in [3.05, 3.63) is 0 Å². The molecule has 1 atom stereocenters. The fourth-order valence-electron chi connectivity index (χ4n) is 1.55. The minimum absolute atomic E-state index is 0.0218. The van der Waals surface area contributed by atoms with Gasteiger partial charge in [0.05, 0.1) is 5.60 Å². The number of carbonyl (C=O) groups is 1. The largest absolute Gasteiger partial charge is 0.366 e. The lowest BCUT2D eigenvalue weighted by Gasteiger charge is -2.19. The van der Waals surface area contributed by atoms with Crippen LogP contribution >= 0.6 is 0 Å². The van der Waals surface area contributed by atoms with Crippen molar-refractivity contribution in [2.24, 2.45) is 5.92 Å². The first-order valence-corrected chi connectivity index (χ1v) is 7.86. The Kier molecular flexibility index (Phi) is 9.86. The van der Waals surface area contributed by atoms with E-state index in [1.165, 1.54) is 0 Å². The number of unbranched alkanes of at least 4 members (excludes halogenated alkanes) is 2. The maximum Gasteiger partial charge on any atom is 0.246 e. The summed E-state index contributed by atoms with van der Waals surface area (Å²) in [7, 11) is 0. The summed E-state index contributed by atoms with van der Waals surface area (Å²) >= 11 is 0. The predicted molar refractivity (Wildman–Crippen MR) is 84.9 cm³/mol. The first-order chi connectivity index (χ1) is 9.22. The van der Waals surface area contributed by atoms with Crippen molar-refractivity contribution in [3.8, 4) is 0 Å². The van der Waals surface area contributed by atoms with Gasteiger partial charge in [-0.05, 0) is 53.0 Å². The molecule has 0 bridgehead atoms. The number of amides is 1. The van der Waals surface area contributed by atoms with E-state index in [9.17, 15) is 4.79 Å². The van der Waals surface area contributed by atoms with Gasteiger partial charge in [0, 0.05) is 12.6 Å². The second-order valence-electron chi connectivity index (χ2n) is 6.80. The highest BCUT2D eigenvalue weighted by atomic mass is 16.5. The van der Waals surface area contributed by atoms with Gasteiger partial charge in [-0.1, -0.05) is 20.3 Å². The van der Waals surface area contributed by atoms with Crippen molar-refractivity contribution in [1.29, 1.82) is 0 Å². The van der Waals surface area contributed by atoms with Crippen LogP contribution in [-0.4, -0.2) is 37.2 Å². The van der Waals surface area contributed by atoms with Crippen LogP contribution < -0.4 is 10.6 Å². The van der Waals surface area contributed by atoms with Gasteiger partial charge in [-0.25, -0.2) is 0 Å². The summed E-state index contributed by atoms with van der Waals surface area (Å²) in [6.07, 6.45) is 3.32. The van der Waals surface area contributed by atoms with Crippen LogP contribution in [0.15, 0.2) is 0 Å². The Labute approximate surface area is 125 Å². The van der Waals surface area contributed by atoms with Crippen molar-refractivity contribution >= 4 is 5.91 Å². The average molecular weight is 286 g/mol. The van der Waals surface area contributed by atoms with Crippen molar-refractivity contribution in [1.82, 2.24) is 10.6 Å². The summed E-state index contributed by atoms with van der Waals surface area (Å²) in [5, 5.41) is 6.40. The van der Waals surface area contributed by atoms with Gasteiger partial charge >= 0.3 is 0 Å². The van der Waals surface area contributed by atoms with Crippen molar-refractivity contribution in [3.63, 3.8) is 0 Å². The van der Waals surface area contributed by atoms with Gasteiger partial charge in [0.2, 0.25) is 5.91 Å². The maximum atomic E-state index is 11.5. The number of hydrogen-bond acceptors (Lipinski definition) is 3. The van der Waals surface area contributed by atoms with Crippen LogP contribution in [0, 0.1) is 5.92 Å². The first kappa shape index (κ1) is 19.4. The van der Waals surface area contributed by atoms with E-state index in [1.807, 2.05) is 20.8 Å². The smallest absolute Gasteiger partial charge is 0.246 e. The zero-order chi connectivity index (χ0) is 15.6. The summed E-state index contributed by atoms with van der Waals surface area (Å²) in [5.74, 6) is 0.656. The van der Waals surface area contributed by atoms with E-state index < -0.39 is 0 Å². The molecule has 0 radical (unpaired) electrons. The molecule has 4 heteroatoms. The summed E-state index contributed by atoms with van der Waals surface area (Å²) in [4.78, 5) is 11.5. The number of hydrogen-bond donors (Lipinski definition) is 2. The molecular formula is C16H34N2O2. The molecule has 4 nitrogen and oxygen atoms in total. The van der Waals surface area contributed by atoms with Crippen LogP contribution in [0.1, 0.15) is 60.8 Å². The Morgan fingerprint density at radius 3 is 2.20 bits per heavy atom. The van der Waals surface area contributed by atoms with Crippen LogP contribution in [0.25, 0.3) is 0 Å². The highest BCUT2D eigenvalue weighted by molar-refractivity contribution is 5.77. The van der Waals surface area contributed by atoms with E-state index in [2.05, 4.69) is 31.4 Å². The molecule has 0 aromatic rings. The molecule has 0 heterocycles. The van der Waals surface area contributed by atoms with E-state index in [1.54, 1.807) is 0 Å². The van der Waals surface area contributed by atoms with Crippen LogP contribution in [0.2, 0.25) is 0 Å². The molecule has 0 spiro atoms. The molecule has 0 aromatic heterocycles. The molecule has 2 N–H and O–H groups in total. The Balaban J connectivity index is 3.38. The molecule has 1 amide bonds. The van der Waals surface area contributed by atoms with Crippen molar-refractivity contribution in [2.45, 2.75) is 72.4 Å². The molecule has 0 saturated heterocycles. The third kappa shape index (κ3) is 12.4. The Morgan fingerprint density at radius 2 is 1.65 bits per heavy atom. The van der Waals surface area contributed by atoms with Gasteiger partial charge in [-0.15, -0.1) is 0 Å². The number of carbonyl (C=O) groups excluding carboxylic acids is 1. The molecule has 0 rings (SSSR count). The average Bonchev–Trinajstić information content (AvgIpc) is 2.33. The van der Waals surface area contributed by atoms with Crippen molar-refractivity contribution < 1.29 is 9.53 Å². The minimum atomic E-state index is -0.254. The molecular weight excluding hydrogens is 252 g/mol. The highest BCUT2D eigenvalue weighted by Gasteiger charge is 2.12. The van der Waals surface area contributed by atoms with Crippen LogP contribution in [0.4, 0.5) is 0 Å². The lowest BCUT2D eigenvalue weighted by Crippen LogP contribution is -2.33. The van der Waals surface area contributed by atoms with Crippen LogP contribution in [-0.2, 0) is 9.53 Å². The molecule has 20 heavy (non-hydrogen) atoms. The molecule has 0 aliphatic rings. The second kappa shape index (κ2) is 10.2. The standard InChI is InChI=1S/C16H34N2O2/c1-13(2)14(3)17-10-8-7-9-11-18-15(19)12-20-16(4,5)6/h13-14,17H,7-12H2,1-6H3,(H,18,19)/t14-/m0/s1. The van der Waals surface area contributed by atoms with Gasteiger partial charge in [-0.2, -0.15) is 0 Å². The normalized spacial score (nSPS) is 13.6. The lowest BCUT2D eigenvalue weighted by molar-refractivity contribution is -0.130. The van der Waals surface area contributed by atoms with Crippen LogP contribution in [0.5, 0.6) is 0 Å². The SMILES string of the molecule is CC(C)[C@H](C)NCCCCCNC(=O)COC(C)(C)C. The van der Waals surface area contributed by atoms with Gasteiger partial charge in [0.15, 0.2) is 0 Å². The monoisotopic (exact) mass is 286 g/mol. The first-order valence-electron chi connectivity index (χ1n) is 7.86. The molecule has 0 saturated carbocycles. The van der Waals surface area contributed by atoms with Crippen molar-refractivity contribution in [2.75, 3.05) is 19.7 Å². The summed E-state index contributed by atoms with van der Waals surface area (Å²) in [6, 6.07) is 0.573. The van der Waals surface area contributed by atoms with E-state index in [0.29, 0.717) is 12.0 Å². The van der Waals surface area contributed by atoms with E-state index in [4.69, 9.17) is 4.74 Å². The third-order valence-electron chi connectivity index (χ3n) is 3.28. The zero-order valence-electron chi connectivity index (χ0n) is 14.2. The van der Waals surface area contributed by atoms with E-state index in [0.717, 1.165) is 32.4 Å². The van der Waals surface area contributed by atoms with Gasteiger partial charge in [0.25, 0.3) is 0 Å². The number of rotatable bonds is 10. The zero-order valence-corrected chi connectivity index (χ0v) is 14.2. The molecule has 0 aromatic carbocycles. The number of ether oxygens (including phenoxy) is 1. The molecule has 0 fully saturated rings. The predicted octanol–water partition coefficient (Wildman–Crippen LogP) is 2.72. The van der Waals surface area contributed by atoms with E-state index >= 15 is 0 Å². The molecule has 0 aliphatic carbocycles. The second-order valence-corrected chi connectivity index (χ2v) is 6.80. The van der Waals surface area contributed by atoms with Crippen LogP contribution in [0.3, 0.4) is 0 Å². The fraction of sp³-hybridized carbons (Fsp3) is 0.938. The molecule has 0 unspecified atom stereocenters. The molecule has 0 aliphatic heterocycles. The quantitative estimate of drug-likeness (QED) is 0.607. The Morgan fingerprint density at radius 1 is 1.05 bits per heavy atom. The lowest BCUT2D eigenvalue weighted by atomic mass is 10.1. The Bertz CT molecular complexity index is 260. The van der Waals surface area contributed by atoms with E-state index in [-0.39, 0.29) is 18.1 Å². The van der Waals surface area contributed by atoms with Gasteiger partial charge in [0.1, 0.15) is 6.61 Å². The summed E-state index contributed by atoms with van der Waals surface area (Å²) in [5.41, 5.74) is -0.254. The fourth-order valence-corrected chi connectivity index (χ4v) is 1.55. The maximum absolute atomic E-state index is 11.5. The summed E-state index contributed by atoms with van der Waals surface area (Å²) in [6.45, 7) is 14.5. The Hall–Kier alpha value is -0.610. The third-order valence-corrected chi connectivity index (χ3v) is 3.28. The van der Waals surface area contributed by atoms with Gasteiger partial charge in [-0.3, -0.25) is 4.79 Å². The molecule has 120 valence electrons. The minimum Gasteiger partial charge on any atom is -0.366 e.